The van der Waals surface area contributed by atoms with Crippen LogP contribution < -0.4 is 11.1 Å². The summed E-state index contributed by atoms with van der Waals surface area (Å²) in [6.07, 6.45) is 1.51. The first kappa shape index (κ1) is 17.6. The number of nitrogens with one attached hydrogen (secondary N) is 1. The standard InChI is InChI=1S/C17H24N4OS/c1-21(2)11-14(10-13-6-4-3-5-7-13)19-17(22)15-12-23-16(20-15)8-9-18/h3-7,12,14H,8-11,18H2,1-2H3,(H,19,22). The van der Waals surface area contributed by atoms with Crippen LogP contribution in [0.2, 0.25) is 0 Å². The van der Waals surface area contributed by atoms with Gasteiger partial charge in [-0.1, -0.05) is 30.3 Å². The smallest absolute Gasteiger partial charge is 0.271 e. The molecule has 2 aromatic rings. The van der Waals surface area contributed by atoms with Crippen LogP contribution in [0.4, 0.5) is 0 Å². The van der Waals surface area contributed by atoms with Crippen molar-refractivity contribution in [2.75, 3.05) is 27.2 Å². The highest BCUT2D eigenvalue weighted by molar-refractivity contribution is 7.09. The van der Waals surface area contributed by atoms with E-state index in [1.54, 1.807) is 5.38 Å². The third-order valence-electron chi connectivity index (χ3n) is 3.39. The van der Waals surface area contributed by atoms with Gasteiger partial charge in [0.2, 0.25) is 0 Å². The molecule has 0 saturated heterocycles. The van der Waals surface area contributed by atoms with Gasteiger partial charge in [0.25, 0.3) is 5.91 Å². The van der Waals surface area contributed by atoms with Crippen molar-refractivity contribution in [3.8, 4) is 0 Å². The number of nitrogens with two attached hydrogens (primary N) is 1. The van der Waals surface area contributed by atoms with Crippen molar-refractivity contribution < 1.29 is 4.79 Å². The third-order valence-corrected chi connectivity index (χ3v) is 4.30. The Morgan fingerprint density at radius 1 is 1.35 bits per heavy atom. The van der Waals surface area contributed by atoms with Gasteiger partial charge in [-0.15, -0.1) is 11.3 Å². The molecule has 1 aromatic heterocycles. The molecule has 1 amide bonds. The van der Waals surface area contributed by atoms with Crippen LogP contribution in [0.3, 0.4) is 0 Å². The quantitative estimate of drug-likeness (QED) is 0.769. The molecular weight excluding hydrogens is 308 g/mol. The summed E-state index contributed by atoms with van der Waals surface area (Å²) in [6, 6.07) is 10.2. The number of rotatable bonds is 8. The zero-order chi connectivity index (χ0) is 16.7. The molecule has 0 aliphatic rings. The minimum atomic E-state index is -0.118. The van der Waals surface area contributed by atoms with Gasteiger partial charge < -0.3 is 16.0 Å². The monoisotopic (exact) mass is 332 g/mol. The van der Waals surface area contributed by atoms with E-state index >= 15 is 0 Å². The molecule has 1 atom stereocenters. The van der Waals surface area contributed by atoms with E-state index in [9.17, 15) is 4.79 Å². The van der Waals surface area contributed by atoms with Crippen LogP contribution in [0, 0.1) is 0 Å². The number of carbonyl (C=O) groups excluding carboxylic acids is 1. The Kier molecular flexibility index (Phi) is 6.70. The largest absolute Gasteiger partial charge is 0.346 e. The lowest BCUT2D eigenvalue weighted by Crippen LogP contribution is -2.43. The summed E-state index contributed by atoms with van der Waals surface area (Å²) in [7, 11) is 4.01. The topological polar surface area (TPSA) is 71.2 Å². The molecule has 6 heteroatoms. The summed E-state index contributed by atoms with van der Waals surface area (Å²) in [5.74, 6) is -0.118. The van der Waals surface area contributed by atoms with E-state index < -0.39 is 0 Å². The van der Waals surface area contributed by atoms with E-state index in [0.717, 1.165) is 18.0 Å². The average molecular weight is 332 g/mol. The van der Waals surface area contributed by atoms with E-state index in [1.165, 1.54) is 16.9 Å². The van der Waals surface area contributed by atoms with Crippen LogP contribution in [0.15, 0.2) is 35.7 Å². The first-order valence-electron chi connectivity index (χ1n) is 7.72. The highest BCUT2D eigenvalue weighted by Gasteiger charge is 2.17. The van der Waals surface area contributed by atoms with Gasteiger partial charge in [-0.05, 0) is 32.6 Å². The minimum Gasteiger partial charge on any atom is -0.346 e. The fourth-order valence-electron chi connectivity index (χ4n) is 2.41. The van der Waals surface area contributed by atoms with Crippen LogP contribution >= 0.6 is 11.3 Å². The van der Waals surface area contributed by atoms with E-state index in [0.29, 0.717) is 18.7 Å². The van der Waals surface area contributed by atoms with E-state index in [2.05, 4.69) is 27.3 Å². The molecule has 1 unspecified atom stereocenters. The lowest BCUT2D eigenvalue weighted by molar-refractivity contribution is 0.0925. The molecule has 23 heavy (non-hydrogen) atoms. The summed E-state index contributed by atoms with van der Waals surface area (Å²) in [6.45, 7) is 1.33. The Hall–Kier alpha value is -1.76. The number of nitrogens with zero attached hydrogens (tertiary/aromatic N) is 2. The highest BCUT2D eigenvalue weighted by atomic mass is 32.1. The van der Waals surface area contributed by atoms with Crippen LogP contribution in [0.25, 0.3) is 0 Å². The fourth-order valence-corrected chi connectivity index (χ4v) is 3.21. The number of aromatic nitrogens is 1. The second-order valence-corrected chi connectivity index (χ2v) is 6.73. The molecule has 3 N–H and O–H groups in total. The van der Waals surface area contributed by atoms with Gasteiger partial charge in [0.1, 0.15) is 5.69 Å². The van der Waals surface area contributed by atoms with Crippen molar-refractivity contribution in [3.63, 3.8) is 0 Å². The van der Waals surface area contributed by atoms with Crippen molar-refractivity contribution >= 4 is 17.2 Å². The zero-order valence-electron chi connectivity index (χ0n) is 13.7. The van der Waals surface area contributed by atoms with Gasteiger partial charge in [-0.3, -0.25) is 4.79 Å². The van der Waals surface area contributed by atoms with Gasteiger partial charge in [0.05, 0.1) is 5.01 Å². The predicted octanol–water partition coefficient (Wildman–Crippen LogP) is 1.55. The summed E-state index contributed by atoms with van der Waals surface area (Å²) < 4.78 is 0. The molecular formula is C17H24N4OS. The molecule has 5 nitrogen and oxygen atoms in total. The maximum Gasteiger partial charge on any atom is 0.271 e. The van der Waals surface area contributed by atoms with Gasteiger partial charge in [0.15, 0.2) is 0 Å². The number of thiazole rings is 1. The molecule has 124 valence electrons. The Balaban J connectivity index is 2.02. The van der Waals surface area contributed by atoms with Crippen LogP contribution in [-0.2, 0) is 12.8 Å². The van der Waals surface area contributed by atoms with Crippen molar-refractivity contribution in [1.29, 1.82) is 0 Å². The second kappa shape index (κ2) is 8.76. The van der Waals surface area contributed by atoms with Gasteiger partial charge >= 0.3 is 0 Å². The summed E-state index contributed by atoms with van der Waals surface area (Å²) >= 11 is 1.49. The number of carbonyl (C=O) groups is 1. The zero-order valence-corrected chi connectivity index (χ0v) is 14.5. The second-order valence-electron chi connectivity index (χ2n) is 5.79. The van der Waals surface area contributed by atoms with Crippen LogP contribution in [-0.4, -0.2) is 49.0 Å². The fraction of sp³-hybridized carbons (Fsp3) is 0.412. The van der Waals surface area contributed by atoms with Crippen molar-refractivity contribution in [1.82, 2.24) is 15.2 Å². The molecule has 0 saturated carbocycles. The lowest BCUT2D eigenvalue weighted by atomic mass is 10.1. The molecule has 0 spiro atoms. The van der Waals surface area contributed by atoms with Gasteiger partial charge in [-0.2, -0.15) is 0 Å². The van der Waals surface area contributed by atoms with E-state index in [1.807, 2.05) is 32.3 Å². The molecule has 2 rings (SSSR count). The number of benzene rings is 1. The molecule has 0 aliphatic carbocycles. The summed E-state index contributed by atoms with van der Waals surface area (Å²) in [5, 5.41) is 5.81. The van der Waals surface area contributed by atoms with Crippen molar-refractivity contribution in [2.45, 2.75) is 18.9 Å². The van der Waals surface area contributed by atoms with E-state index in [4.69, 9.17) is 5.73 Å². The number of amides is 1. The SMILES string of the molecule is CN(C)CC(Cc1ccccc1)NC(=O)c1csc(CCN)n1. The van der Waals surface area contributed by atoms with Gasteiger partial charge in [-0.25, -0.2) is 4.98 Å². The van der Waals surface area contributed by atoms with Crippen LogP contribution in [0.1, 0.15) is 21.1 Å². The minimum absolute atomic E-state index is 0.0413. The summed E-state index contributed by atoms with van der Waals surface area (Å²) in [5.41, 5.74) is 7.22. The van der Waals surface area contributed by atoms with Crippen LogP contribution in [0.5, 0.6) is 0 Å². The summed E-state index contributed by atoms with van der Waals surface area (Å²) in [4.78, 5) is 18.9. The Labute approximate surface area is 141 Å². The Bertz CT molecular complexity index is 612. The normalized spacial score (nSPS) is 12.3. The maximum atomic E-state index is 12.4. The molecule has 1 aromatic carbocycles. The molecule has 0 radical (unpaired) electrons. The molecule has 0 bridgehead atoms. The van der Waals surface area contributed by atoms with Crippen molar-refractivity contribution in [3.05, 3.63) is 52.0 Å². The number of hydrogen-bond donors (Lipinski definition) is 2. The van der Waals surface area contributed by atoms with Gasteiger partial charge in [0, 0.05) is 24.4 Å². The Morgan fingerprint density at radius 3 is 2.74 bits per heavy atom. The highest BCUT2D eigenvalue weighted by Crippen LogP contribution is 2.11. The molecule has 0 aliphatic heterocycles. The molecule has 1 heterocycles. The molecule has 0 fully saturated rings. The average Bonchev–Trinajstić information content (AvgIpc) is 2.97. The van der Waals surface area contributed by atoms with Crippen molar-refractivity contribution in [2.24, 2.45) is 5.73 Å². The number of hydrogen-bond acceptors (Lipinski definition) is 5. The Morgan fingerprint density at radius 2 is 2.09 bits per heavy atom. The van der Waals surface area contributed by atoms with E-state index in [-0.39, 0.29) is 11.9 Å². The first-order valence-corrected chi connectivity index (χ1v) is 8.60. The number of likely N-dealkylation sites (N-methyl/N-ethyl adjacent to an activating group) is 1. The lowest BCUT2D eigenvalue weighted by Gasteiger charge is -2.22. The first-order chi connectivity index (χ1) is 11.1. The maximum absolute atomic E-state index is 12.4. The third kappa shape index (κ3) is 5.74. The predicted molar refractivity (Wildman–Crippen MR) is 94.8 cm³/mol.